The number of thiazole rings is 1. The Labute approximate surface area is 115 Å². The van der Waals surface area contributed by atoms with Gasteiger partial charge in [-0.2, -0.15) is 13.2 Å². The zero-order valence-corrected chi connectivity index (χ0v) is 12.0. The second-order valence-electron chi connectivity index (χ2n) is 4.00. The highest BCUT2D eigenvalue weighted by molar-refractivity contribution is 7.11. The molecule has 0 spiro atoms. The van der Waals surface area contributed by atoms with Gasteiger partial charge in [-0.3, -0.25) is 0 Å². The van der Waals surface area contributed by atoms with Crippen molar-refractivity contribution in [2.45, 2.75) is 39.4 Å². The van der Waals surface area contributed by atoms with E-state index in [1.54, 1.807) is 0 Å². The minimum atomic E-state index is -4.39. The third-order valence-corrected chi connectivity index (χ3v) is 3.50. The summed E-state index contributed by atoms with van der Waals surface area (Å²) >= 11 is 1.11. The summed E-state index contributed by atoms with van der Waals surface area (Å²) in [6.07, 6.45) is -3.07. The van der Waals surface area contributed by atoms with Crippen LogP contribution in [0.4, 0.5) is 13.2 Å². The van der Waals surface area contributed by atoms with Crippen molar-refractivity contribution in [2.75, 3.05) is 19.8 Å². The molecule has 0 aliphatic carbocycles. The smallest absolute Gasteiger partial charge is 0.381 e. The van der Waals surface area contributed by atoms with Crippen LogP contribution in [0.15, 0.2) is 0 Å². The van der Waals surface area contributed by atoms with Crippen LogP contribution in [0.5, 0.6) is 0 Å². The number of ether oxygens (including phenoxy) is 1. The predicted octanol–water partition coefficient (Wildman–Crippen LogP) is 3.24. The average molecular weight is 296 g/mol. The number of halogens is 3. The molecule has 0 amide bonds. The van der Waals surface area contributed by atoms with Crippen LogP contribution < -0.4 is 5.32 Å². The summed E-state index contributed by atoms with van der Waals surface area (Å²) in [6, 6.07) is 0. The minimum absolute atomic E-state index is 0.217. The van der Waals surface area contributed by atoms with Crippen molar-refractivity contribution >= 4 is 11.3 Å². The summed E-state index contributed by atoms with van der Waals surface area (Å²) in [7, 11) is 0. The molecule has 110 valence electrons. The van der Waals surface area contributed by atoms with Gasteiger partial charge >= 0.3 is 6.18 Å². The van der Waals surface area contributed by atoms with Crippen molar-refractivity contribution in [3.8, 4) is 0 Å². The molecule has 0 atom stereocenters. The lowest BCUT2D eigenvalue weighted by molar-refractivity contribution is -0.141. The van der Waals surface area contributed by atoms with E-state index < -0.39 is 11.9 Å². The van der Waals surface area contributed by atoms with Crippen LogP contribution in [-0.4, -0.2) is 24.7 Å². The van der Waals surface area contributed by atoms with E-state index in [0.29, 0.717) is 31.2 Å². The van der Waals surface area contributed by atoms with Crippen molar-refractivity contribution in [2.24, 2.45) is 0 Å². The highest BCUT2D eigenvalue weighted by atomic mass is 32.1. The van der Waals surface area contributed by atoms with Crippen molar-refractivity contribution in [3.63, 3.8) is 0 Å². The number of aromatic nitrogens is 1. The van der Waals surface area contributed by atoms with Crippen molar-refractivity contribution < 1.29 is 17.9 Å². The van der Waals surface area contributed by atoms with E-state index in [-0.39, 0.29) is 11.4 Å². The number of rotatable bonds is 8. The highest BCUT2D eigenvalue weighted by Crippen LogP contribution is 2.34. The Hall–Kier alpha value is -0.660. The highest BCUT2D eigenvalue weighted by Gasteiger charge is 2.37. The molecule has 0 fully saturated rings. The van der Waals surface area contributed by atoms with E-state index in [9.17, 15) is 13.2 Å². The lowest BCUT2D eigenvalue weighted by Gasteiger charge is -2.06. The SMILES string of the molecule is CCCNCc1sc(CCOCC)nc1C(F)(F)F. The van der Waals surface area contributed by atoms with Gasteiger partial charge in [-0.1, -0.05) is 6.92 Å². The van der Waals surface area contributed by atoms with Crippen molar-refractivity contribution in [3.05, 3.63) is 15.6 Å². The van der Waals surface area contributed by atoms with Gasteiger partial charge in [0.05, 0.1) is 16.5 Å². The van der Waals surface area contributed by atoms with Gasteiger partial charge in [0.25, 0.3) is 0 Å². The van der Waals surface area contributed by atoms with Crippen molar-refractivity contribution in [1.82, 2.24) is 10.3 Å². The number of alkyl halides is 3. The van der Waals surface area contributed by atoms with Crippen LogP contribution >= 0.6 is 11.3 Å². The maximum atomic E-state index is 12.8. The van der Waals surface area contributed by atoms with Gasteiger partial charge < -0.3 is 10.1 Å². The summed E-state index contributed by atoms with van der Waals surface area (Å²) < 4.78 is 43.7. The van der Waals surface area contributed by atoms with Gasteiger partial charge in [-0.15, -0.1) is 11.3 Å². The molecule has 1 aromatic heterocycles. The van der Waals surface area contributed by atoms with E-state index in [1.165, 1.54) is 0 Å². The van der Waals surface area contributed by atoms with Crippen LogP contribution in [0.2, 0.25) is 0 Å². The molecule has 1 heterocycles. The maximum absolute atomic E-state index is 12.8. The molecule has 19 heavy (non-hydrogen) atoms. The monoisotopic (exact) mass is 296 g/mol. The van der Waals surface area contributed by atoms with E-state index in [1.807, 2.05) is 13.8 Å². The number of hydrogen-bond donors (Lipinski definition) is 1. The normalized spacial score (nSPS) is 12.1. The molecule has 0 radical (unpaired) electrons. The van der Waals surface area contributed by atoms with E-state index in [2.05, 4.69) is 10.3 Å². The van der Waals surface area contributed by atoms with Gasteiger partial charge in [-0.25, -0.2) is 4.98 Å². The summed E-state index contributed by atoms with van der Waals surface area (Å²) in [5.41, 5.74) is -0.757. The topological polar surface area (TPSA) is 34.1 Å². The first-order valence-electron chi connectivity index (χ1n) is 6.33. The Morgan fingerprint density at radius 3 is 2.63 bits per heavy atom. The van der Waals surface area contributed by atoms with Crippen LogP contribution in [0.3, 0.4) is 0 Å². The first-order valence-corrected chi connectivity index (χ1v) is 7.14. The first-order chi connectivity index (χ1) is 8.99. The number of nitrogens with one attached hydrogen (secondary N) is 1. The molecule has 0 aliphatic heterocycles. The van der Waals surface area contributed by atoms with E-state index in [4.69, 9.17) is 4.74 Å². The molecule has 0 aromatic carbocycles. The van der Waals surface area contributed by atoms with Crippen LogP contribution in [0.25, 0.3) is 0 Å². The molecule has 1 N–H and O–H groups in total. The lowest BCUT2D eigenvalue weighted by Crippen LogP contribution is -2.17. The predicted molar refractivity (Wildman–Crippen MR) is 69.3 cm³/mol. The molecule has 0 aliphatic rings. The molecule has 1 aromatic rings. The van der Waals surface area contributed by atoms with Crippen LogP contribution in [-0.2, 0) is 23.9 Å². The van der Waals surface area contributed by atoms with Gasteiger partial charge in [-0.05, 0) is 19.9 Å². The molecule has 7 heteroatoms. The Morgan fingerprint density at radius 2 is 2.05 bits per heavy atom. The Balaban J connectivity index is 2.74. The number of hydrogen-bond acceptors (Lipinski definition) is 4. The van der Waals surface area contributed by atoms with E-state index in [0.717, 1.165) is 17.8 Å². The Kier molecular flexibility index (Phi) is 6.74. The fourth-order valence-electron chi connectivity index (χ4n) is 1.53. The summed E-state index contributed by atoms with van der Waals surface area (Å²) in [4.78, 5) is 3.96. The molecule has 0 saturated carbocycles. The molecule has 3 nitrogen and oxygen atoms in total. The summed E-state index contributed by atoms with van der Waals surface area (Å²) in [6.45, 7) is 5.70. The van der Waals surface area contributed by atoms with Gasteiger partial charge in [0.2, 0.25) is 0 Å². The Bertz CT molecular complexity index is 380. The zero-order valence-electron chi connectivity index (χ0n) is 11.1. The third-order valence-electron chi connectivity index (χ3n) is 2.39. The number of nitrogens with zero attached hydrogens (tertiary/aromatic N) is 1. The standard InChI is InChI=1S/C12H19F3N2OS/c1-3-6-16-8-9-11(12(13,14)15)17-10(19-9)5-7-18-4-2/h16H,3-8H2,1-2H3. The largest absolute Gasteiger partial charge is 0.434 e. The molecule has 1 rings (SSSR count). The molecule has 0 bridgehead atoms. The quantitative estimate of drug-likeness (QED) is 0.748. The zero-order chi connectivity index (χ0) is 14.3. The molecular formula is C12H19F3N2OS. The second-order valence-corrected chi connectivity index (χ2v) is 5.17. The van der Waals surface area contributed by atoms with Gasteiger partial charge in [0.1, 0.15) is 0 Å². The lowest BCUT2D eigenvalue weighted by atomic mass is 10.3. The molecular weight excluding hydrogens is 277 g/mol. The van der Waals surface area contributed by atoms with E-state index >= 15 is 0 Å². The van der Waals surface area contributed by atoms with Crippen LogP contribution in [0.1, 0.15) is 35.8 Å². The summed E-state index contributed by atoms with van der Waals surface area (Å²) in [5, 5.41) is 3.46. The first kappa shape index (κ1) is 16.4. The van der Waals surface area contributed by atoms with Gasteiger partial charge in [0.15, 0.2) is 5.69 Å². The summed E-state index contributed by atoms with van der Waals surface area (Å²) in [5.74, 6) is 0. The molecule has 0 saturated heterocycles. The fraction of sp³-hybridized carbons (Fsp3) is 0.750. The van der Waals surface area contributed by atoms with Crippen LogP contribution in [0, 0.1) is 0 Å². The third kappa shape index (κ3) is 5.46. The molecule has 0 unspecified atom stereocenters. The maximum Gasteiger partial charge on any atom is 0.434 e. The Morgan fingerprint density at radius 1 is 1.32 bits per heavy atom. The second kappa shape index (κ2) is 7.81. The van der Waals surface area contributed by atoms with Gasteiger partial charge in [0, 0.05) is 19.6 Å². The van der Waals surface area contributed by atoms with Crippen molar-refractivity contribution in [1.29, 1.82) is 0 Å². The fourth-order valence-corrected chi connectivity index (χ4v) is 2.57. The minimum Gasteiger partial charge on any atom is -0.381 e. The average Bonchev–Trinajstić information content (AvgIpc) is 2.73.